The van der Waals surface area contributed by atoms with Crippen LogP contribution in [0.15, 0.2) is 118 Å². The number of hydrogen-bond acceptors (Lipinski definition) is 1. The van der Waals surface area contributed by atoms with Gasteiger partial charge in [0.2, 0.25) is 0 Å². The van der Waals surface area contributed by atoms with Gasteiger partial charge in [-0.3, -0.25) is 0 Å². The average Bonchev–Trinajstić information content (AvgIpc) is 2.96. The Morgan fingerprint density at radius 1 is 0.514 bits per heavy atom. The number of hydrogen-bond donors (Lipinski definition) is 1. The molecule has 0 fully saturated rings. The van der Waals surface area contributed by atoms with Gasteiger partial charge in [-0.1, -0.05) is 116 Å². The van der Waals surface area contributed by atoms with E-state index in [1.807, 2.05) is 84.9 Å². The summed E-state index contributed by atoms with van der Waals surface area (Å²) in [5.74, 6) is 0. The molecule has 0 spiro atoms. The second-order valence-corrected chi connectivity index (χ2v) is 11.0. The van der Waals surface area contributed by atoms with Gasteiger partial charge in [0.1, 0.15) is 5.60 Å². The van der Waals surface area contributed by atoms with E-state index in [0.717, 1.165) is 59.0 Å². The van der Waals surface area contributed by atoms with Crippen molar-refractivity contribution in [3.8, 4) is 33.4 Å². The monoisotopic (exact) mass is 600 g/mol. The third-order valence-electron chi connectivity index (χ3n) is 6.70. The summed E-state index contributed by atoms with van der Waals surface area (Å²) in [6.45, 7) is 0. The van der Waals surface area contributed by atoms with Gasteiger partial charge in [0.05, 0.1) is 0 Å². The molecule has 0 saturated heterocycles. The predicted molar refractivity (Wildman–Crippen MR) is 152 cm³/mol. The zero-order valence-corrected chi connectivity index (χ0v) is 22.4. The summed E-state index contributed by atoms with van der Waals surface area (Å²) < 4.78 is 1.82. The zero-order chi connectivity index (χ0) is 24.2. The Bertz CT molecular complexity index is 1540. The molecule has 6 rings (SSSR count). The lowest BCUT2D eigenvalue weighted by Crippen LogP contribution is -2.30. The third kappa shape index (κ3) is 3.70. The Labute approximate surface area is 226 Å². The Morgan fingerprint density at radius 3 is 1.63 bits per heavy atom. The predicted octanol–water partition coefficient (Wildman–Crippen LogP) is 9.46. The van der Waals surface area contributed by atoms with Gasteiger partial charge in [0.15, 0.2) is 0 Å². The summed E-state index contributed by atoms with van der Waals surface area (Å²) in [6.07, 6.45) is 0. The van der Waals surface area contributed by atoms with E-state index in [0.29, 0.717) is 5.02 Å². The van der Waals surface area contributed by atoms with Crippen LogP contribution >= 0.6 is 43.5 Å². The normalized spacial score (nSPS) is 13.4. The minimum atomic E-state index is -1.43. The molecule has 1 nitrogen and oxygen atoms in total. The van der Waals surface area contributed by atoms with E-state index >= 15 is 0 Å². The molecule has 0 bridgehead atoms. The lowest BCUT2D eigenvalue weighted by Gasteiger charge is -2.34. The molecule has 170 valence electrons. The van der Waals surface area contributed by atoms with Crippen LogP contribution in [0.3, 0.4) is 0 Å². The molecule has 0 aromatic heterocycles. The van der Waals surface area contributed by atoms with Gasteiger partial charge in [0, 0.05) is 30.7 Å². The summed E-state index contributed by atoms with van der Waals surface area (Å²) >= 11 is 13.7. The topological polar surface area (TPSA) is 20.2 Å². The average molecular weight is 603 g/mol. The molecule has 0 saturated carbocycles. The van der Waals surface area contributed by atoms with Crippen LogP contribution in [0.5, 0.6) is 0 Å². The van der Waals surface area contributed by atoms with Crippen molar-refractivity contribution in [2.45, 2.75) is 5.60 Å². The SMILES string of the molecule is OC1(c2ccccc2-c2cccc(Cl)c2)c2cc(Br)ccc2-c2ccccc2-c2ccc(Br)cc21. The number of rotatable bonds is 2. The van der Waals surface area contributed by atoms with Crippen molar-refractivity contribution in [2.75, 3.05) is 0 Å². The highest BCUT2D eigenvalue weighted by Crippen LogP contribution is 2.53. The highest BCUT2D eigenvalue weighted by molar-refractivity contribution is 9.10. The van der Waals surface area contributed by atoms with Gasteiger partial charge in [-0.25, -0.2) is 0 Å². The first-order valence-electron chi connectivity index (χ1n) is 11.2. The van der Waals surface area contributed by atoms with Gasteiger partial charge in [-0.05, 0) is 69.8 Å². The van der Waals surface area contributed by atoms with Crippen LogP contribution < -0.4 is 0 Å². The fourth-order valence-electron chi connectivity index (χ4n) is 5.20. The standard InChI is InChI=1S/C31H19Br2ClO/c32-20-12-14-26-24-9-1-2-10-25(24)27-15-13-21(33)18-30(27)31(35,29(26)17-20)28-11-4-3-8-23(28)19-6-5-7-22(34)16-19/h1-18,35H. The molecule has 5 aromatic carbocycles. The molecule has 4 heteroatoms. The zero-order valence-electron chi connectivity index (χ0n) is 18.5. The Hall–Kier alpha value is -2.69. The minimum absolute atomic E-state index is 0.656. The number of halogens is 3. The van der Waals surface area contributed by atoms with E-state index in [-0.39, 0.29) is 0 Å². The van der Waals surface area contributed by atoms with Crippen molar-refractivity contribution in [1.29, 1.82) is 0 Å². The summed E-state index contributed by atoms with van der Waals surface area (Å²) in [4.78, 5) is 0. The van der Waals surface area contributed by atoms with Gasteiger partial charge < -0.3 is 5.11 Å². The number of aliphatic hydroxyl groups is 1. The van der Waals surface area contributed by atoms with Gasteiger partial charge in [-0.15, -0.1) is 0 Å². The highest BCUT2D eigenvalue weighted by Gasteiger charge is 2.42. The van der Waals surface area contributed by atoms with E-state index in [9.17, 15) is 5.11 Å². The van der Waals surface area contributed by atoms with E-state index in [1.165, 1.54) is 0 Å². The summed E-state index contributed by atoms with van der Waals surface area (Å²) in [6, 6.07) is 36.5. The smallest absolute Gasteiger partial charge is 0.142 e. The van der Waals surface area contributed by atoms with Crippen LogP contribution in [0.25, 0.3) is 33.4 Å². The maximum absolute atomic E-state index is 13.1. The van der Waals surface area contributed by atoms with Crippen molar-refractivity contribution < 1.29 is 5.11 Å². The molecule has 1 N–H and O–H groups in total. The highest BCUT2D eigenvalue weighted by atomic mass is 79.9. The maximum atomic E-state index is 13.1. The largest absolute Gasteiger partial charge is 0.376 e. The fourth-order valence-corrected chi connectivity index (χ4v) is 6.11. The van der Waals surface area contributed by atoms with Crippen molar-refractivity contribution in [2.24, 2.45) is 0 Å². The van der Waals surface area contributed by atoms with Gasteiger partial charge in [0.25, 0.3) is 0 Å². The molecule has 5 aromatic rings. The first kappa shape index (κ1) is 22.8. The second-order valence-electron chi connectivity index (χ2n) is 8.69. The Balaban J connectivity index is 1.79. The van der Waals surface area contributed by atoms with Crippen LogP contribution in [0.4, 0.5) is 0 Å². The molecule has 0 amide bonds. The lowest BCUT2D eigenvalue weighted by atomic mass is 9.75. The number of benzene rings is 5. The summed E-state index contributed by atoms with van der Waals surface area (Å²) in [5.41, 5.74) is 7.08. The van der Waals surface area contributed by atoms with Crippen LogP contribution in [-0.4, -0.2) is 5.11 Å². The first-order chi connectivity index (χ1) is 17.0. The van der Waals surface area contributed by atoms with Gasteiger partial charge in [-0.2, -0.15) is 0 Å². The third-order valence-corrected chi connectivity index (χ3v) is 7.92. The van der Waals surface area contributed by atoms with Crippen molar-refractivity contribution in [1.82, 2.24) is 0 Å². The van der Waals surface area contributed by atoms with Crippen LogP contribution in [0, 0.1) is 0 Å². The maximum Gasteiger partial charge on any atom is 0.142 e. The van der Waals surface area contributed by atoms with E-state index in [2.05, 4.69) is 56.1 Å². The van der Waals surface area contributed by atoms with Crippen molar-refractivity contribution in [3.05, 3.63) is 140 Å². The second kappa shape index (κ2) is 8.76. The van der Waals surface area contributed by atoms with E-state index < -0.39 is 5.60 Å². The molecule has 1 aliphatic rings. The molecule has 0 radical (unpaired) electrons. The summed E-state index contributed by atoms with van der Waals surface area (Å²) in [5, 5.41) is 13.7. The van der Waals surface area contributed by atoms with E-state index in [4.69, 9.17) is 11.6 Å². The van der Waals surface area contributed by atoms with Crippen LogP contribution in [-0.2, 0) is 5.60 Å². The number of fused-ring (bicyclic) bond motifs is 5. The molecule has 0 heterocycles. The van der Waals surface area contributed by atoms with Crippen molar-refractivity contribution >= 4 is 43.5 Å². The first-order valence-corrected chi connectivity index (χ1v) is 13.2. The fraction of sp³-hybridized carbons (Fsp3) is 0.0323. The molecule has 35 heavy (non-hydrogen) atoms. The molecule has 0 unspecified atom stereocenters. The van der Waals surface area contributed by atoms with Gasteiger partial charge >= 0.3 is 0 Å². The van der Waals surface area contributed by atoms with Crippen LogP contribution in [0.1, 0.15) is 16.7 Å². The lowest BCUT2D eigenvalue weighted by molar-refractivity contribution is 0.127. The summed E-state index contributed by atoms with van der Waals surface area (Å²) in [7, 11) is 0. The van der Waals surface area contributed by atoms with E-state index in [1.54, 1.807) is 0 Å². The van der Waals surface area contributed by atoms with Crippen LogP contribution in [0.2, 0.25) is 5.02 Å². The Morgan fingerprint density at radius 2 is 1.06 bits per heavy atom. The quantitative estimate of drug-likeness (QED) is 0.213. The molecule has 0 atom stereocenters. The molecule has 1 aliphatic carbocycles. The molecule has 0 aliphatic heterocycles. The minimum Gasteiger partial charge on any atom is -0.376 e. The Kier molecular flexibility index (Phi) is 5.69. The van der Waals surface area contributed by atoms with Crippen molar-refractivity contribution in [3.63, 3.8) is 0 Å². The molecular weight excluding hydrogens is 584 g/mol. The molecular formula is C31H19Br2ClO.